The van der Waals surface area contributed by atoms with Crippen molar-refractivity contribution in [3.05, 3.63) is 24.3 Å². The van der Waals surface area contributed by atoms with E-state index in [0.29, 0.717) is 0 Å². The molecule has 0 bridgehead atoms. The summed E-state index contributed by atoms with van der Waals surface area (Å²) in [6.07, 6.45) is -2.90. The van der Waals surface area contributed by atoms with E-state index >= 15 is 0 Å². The first-order valence-electron chi connectivity index (χ1n) is 6.76. The second kappa shape index (κ2) is 6.34. The van der Waals surface area contributed by atoms with Crippen molar-refractivity contribution >= 4 is 11.6 Å². The average Bonchev–Trinajstić information content (AvgIpc) is 2.40. The third-order valence-electron chi connectivity index (χ3n) is 3.42. The quantitative estimate of drug-likeness (QED) is 0.902. The predicted molar refractivity (Wildman–Crippen MR) is 71.9 cm³/mol. The summed E-state index contributed by atoms with van der Waals surface area (Å²) in [6, 6.07) is 5.10. The van der Waals surface area contributed by atoms with E-state index in [1.54, 1.807) is 0 Å². The molecule has 2 rings (SSSR count). The van der Waals surface area contributed by atoms with Crippen molar-refractivity contribution in [2.24, 2.45) is 5.92 Å². The smallest absolute Gasteiger partial charge is 0.404 e. The van der Waals surface area contributed by atoms with Crippen LogP contribution in [0.1, 0.15) is 19.8 Å². The number of rotatable bonds is 3. The molecule has 1 aliphatic rings. The zero-order chi connectivity index (χ0) is 15.5. The van der Waals surface area contributed by atoms with Gasteiger partial charge in [0.25, 0.3) is 0 Å². The first-order valence-corrected chi connectivity index (χ1v) is 6.76. The lowest BCUT2D eigenvalue weighted by Gasteiger charge is -2.29. The summed E-state index contributed by atoms with van der Waals surface area (Å²) in [5.41, 5.74) is 0.0133. The Kier molecular flexibility index (Phi) is 4.72. The van der Waals surface area contributed by atoms with Crippen molar-refractivity contribution in [1.29, 1.82) is 0 Å². The Morgan fingerprint density at radius 3 is 2.76 bits per heavy atom. The molecule has 2 unspecified atom stereocenters. The fourth-order valence-corrected chi connectivity index (χ4v) is 2.39. The number of piperidine rings is 1. The normalized spacial score (nSPS) is 22.7. The van der Waals surface area contributed by atoms with Crippen LogP contribution in [0.15, 0.2) is 24.3 Å². The van der Waals surface area contributed by atoms with Crippen LogP contribution >= 0.6 is 0 Å². The molecule has 0 saturated carbocycles. The number of carbonyl (C=O) groups excluding carboxylic acids is 1. The van der Waals surface area contributed by atoms with Gasteiger partial charge in [0, 0.05) is 0 Å². The van der Waals surface area contributed by atoms with E-state index in [4.69, 9.17) is 0 Å². The van der Waals surface area contributed by atoms with Crippen molar-refractivity contribution in [1.82, 2.24) is 5.32 Å². The summed E-state index contributed by atoms with van der Waals surface area (Å²) in [7, 11) is 0. The Morgan fingerprint density at radius 2 is 2.10 bits per heavy atom. The van der Waals surface area contributed by atoms with E-state index in [2.05, 4.69) is 15.4 Å². The van der Waals surface area contributed by atoms with E-state index in [1.807, 2.05) is 6.92 Å². The first kappa shape index (κ1) is 15.6. The molecule has 4 nitrogen and oxygen atoms in total. The molecular formula is C14H17F3N2O2. The molecular weight excluding hydrogens is 285 g/mol. The third kappa shape index (κ3) is 4.35. The number of nitrogens with one attached hydrogen (secondary N) is 2. The van der Waals surface area contributed by atoms with Gasteiger partial charge in [-0.25, -0.2) is 0 Å². The van der Waals surface area contributed by atoms with Gasteiger partial charge in [0.1, 0.15) is 0 Å². The Balaban J connectivity index is 2.10. The number of benzene rings is 1. The Bertz CT molecular complexity index is 505. The van der Waals surface area contributed by atoms with Gasteiger partial charge in [-0.15, -0.1) is 13.2 Å². The van der Waals surface area contributed by atoms with Crippen LogP contribution in [0, 0.1) is 5.92 Å². The topological polar surface area (TPSA) is 50.4 Å². The van der Waals surface area contributed by atoms with Gasteiger partial charge >= 0.3 is 6.36 Å². The van der Waals surface area contributed by atoms with Gasteiger partial charge in [-0.05, 0) is 37.4 Å². The van der Waals surface area contributed by atoms with Crippen molar-refractivity contribution in [3.63, 3.8) is 0 Å². The van der Waals surface area contributed by atoms with E-state index < -0.39 is 18.2 Å². The minimum absolute atomic E-state index is 0.0133. The fraction of sp³-hybridized carbons (Fsp3) is 0.500. The zero-order valence-electron chi connectivity index (χ0n) is 11.5. The maximum Gasteiger partial charge on any atom is 0.573 e. The highest BCUT2D eigenvalue weighted by atomic mass is 19.4. The first-order chi connectivity index (χ1) is 9.87. The minimum Gasteiger partial charge on any atom is -0.404 e. The van der Waals surface area contributed by atoms with Gasteiger partial charge in [-0.3, -0.25) is 4.79 Å². The molecule has 0 aliphatic carbocycles. The molecule has 2 N–H and O–H groups in total. The largest absolute Gasteiger partial charge is 0.573 e. The molecule has 1 aromatic rings. The minimum atomic E-state index is -4.79. The summed E-state index contributed by atoms with van der Waals surface area (Å²) in [5, 5.41) is 5.59. The summed E-state index contributed by atoms with van der Waals surface area (Å²) >= 11 is 0. The van der Waals surface area contributed by atoms with Crippen LogP contribution in [0.2, 0.25) is 0 Å². The lowest BCUT2D eigenvalue weighted by atomic mass is 9.92. The molecule has 116 valence electrons. The number of carbonyl (C=O) groups is 1. The van der Waals surface area contributed by atoms with Crippen LogP contribution in [0.25, 0.3) is 0 Å². The highest BCUT2D eigenvalue weighted by Gasteiger charge is 2.33. The molecule has 1 fully saturated rings. The number of hydrogen-bond acceptors (Lipinski definition) is 3. The monoisotopic (exact) mass is 302 g/mol. The van der Waals surface area contributed by atoms with Crippen molar-refractivity contribution in [2.45, 2.75) is 32.2 Å². The summed E-state index contributed by atoms with van der Waals surface area (Å²) in [4.78, 5) is 12.2. The number of para-hydroxylation sites is 2. The molecule has 7 heteroatoms. The SMILES string of the molecule is CC1CCCNC1C(=O)Nc1ccccc1OC(F)(F)F. The molecule has 21 heavy (non-hydrogen) atoms. The predicted octanol–water partition coefficient (Wildman–Crippen LogP) is 2.91. The highest BCUT2D eigenvalue weighted by Crippen LogP contribution is 2.30. The number of alkyl halides is 3. The van der Waals surface area contributed by atoms with Crippen LogP contribution in [-0.2, 0) is 4.79 Å². The average molecular weight is 302 g/mol. The molecule has 1 heterocycles. The van der Waals surface area contributed by atoms with Gasteiger partial charge in [-0.1, -0.05) is 19.1 Å². The second-order valence-electron chi connectivity index (χ2n) is 5.08. The molecule has 2 atom stereocenters. The van der Waals surface area contributed by atoms with Crippen LogP contribution in [0.3, 0.4) is 0 Å². The number of halogens is 3. The van der Waals surface area contributed by atoms with Crippen LogP contribution in [0.4, 0.5) is 18.9 Å². The molecule has 0 radical (unpaired) electrons. The number of hydrogen-bond donors (Lipinski definition) is 2. The standard InChI is InChI=1S/C14H17F3N2O2/c1-9-5-4-8-18-12(9)13(20)19-10-6-2-3-7-11(10)21-14(15,16)17/h2-3,6-7,9,12,18H,4-5,8H2,1H3,(H,19,20). The number of anilines is 1. The van der Waals surface area contributed by atoms with Crippen molar-refractivity contribution in [2.75, 3.05) is 11.9 Å². The fourth-order valence-electron chi connectivity index (χ4n) is 2.39. The summed E-state index contributed by atoms with van der Waals surface area (Å²) in [6.45, 7) is 2.66. The molecule has 0 spiro atoms. The second-order valence-corrected chi connectivity index (χ2v) is 5.08. The number of ether oxygens (including phenoxy) is 1. The van der Waals surface area contributed by atoms with Gasteiger partial charge in [0.2, 0.25) is 5.91 Å². The van der Waals surface area contributed by atoms with Crippen molar-refractivity contribution < 1.29 is 22.7 Å². The van der Waals surface area contributed by atoms with Gasteiger partial charge in [-0.2, -0.15) is 0 Å². The van der Waals surface area contributed by atoms with E-state index in [-0.39, 0.29) is 17.5 Å². The molecule has 1 aromatic carbocycles. The number of amides is 1. The third-order valence-corrected chi connectivity index (χ3v) is 3.42. The van der Waals surface area contributed by atoms with Crippen LogP contribution < -0.4 is 15.4 Å². The molecule has 1 amide bonds. The highest BCUT2D eigenvalue weighted by molar-refractivity contribution is 5.96. The maximum absolute atomic E-state index is 12.3. The van der Waals surface area contributed by atoms with Crippen LogP contribution in [-0.4, -0.2) is 24.9 Å². The zero-order valence-corrected chi connectivity index (χ0v) is 11.5. The molecule has 1 saturated heterocycles. The maximum atomic E-state index is 12.3. The van der Waals surface area contributed by atoms with Gasteiger partial charge in [0.15, 0.2) is 5.75 Å². The van der Waals surface area contributed by atoms with Gasteiger partial charge in [0.05, 0.1) is 11.7 Å². The molecule has 1 aliphatic heterocycles. The summed E-state index contributed by atoms with van der Waals surface area (Å²) in [5.74, 6) is -0.628. The van der Waals surface area contributed by atoms with Crippen molar-refractivity contribution in [3.8, 4) is 5.75 Å². The lowest BCUT2D eigenvalue weighted by molar-refractivity contribution is -0.274. The Morgan fingerprint density at radius 1 is 1.38 bits per heavy atom. The van der Waals surface area contributed by atoms with E-state index in [1.165, 1.54) is 24.3 Å². The molecule has 0 aromatic heterocycles. The Hall–Kier alpha value is -1.76. The lowest BCUT2D eigenvalue weighted by Crippen LogP contribution is -2.48. The summed E-state index contributed by atoms with van der Waals surface area (Å²) < 4.78 is 40.9. The Labute approximate surface area is 120 Å². The van der Waals surface area contributed by atoms with E-state index in [9.17, 15) is 18.0 Å². The van der Waals surface area contributed by atoms with Crippen LogP contribution in [0.5, 0.6) is 5.75 Å². The van der Waals surface area contributed by atoms with Gasteiger partial charge < -0.3 is 15.4 Å². The van der Waals surface area contributed by atoms with E-state index in [0.717, 1.165) is 19.4 Å².